The summed E-state index contributed by atoms with van der Waals surface area (Å²) < 4.78 is 73.1. The van der Waals surface area contributed by atoms with Crippen molar-refractivity contribution in [3.05, 3.63) is 69.7 Å². The summed E-state index contributed by atoms with van der Waals surface area (Å²) in [5, 5.41) is 11.5. The molecule has 3 rings (SSSR count). The summed E-state index contributed by atoms with van der Waals surface area (Å²) in [4.78, 5) is 16.4. The Labute approximate surface area is 193 Å². The molecule has 3 aromatic rings. The van der Waals surface area contributed by atoms with Gasteiger partial charge in [-0.1, -0.05) is 29.3 Å². The van der Waals surface area contributed by atoms with Gasteiger partial charge in [0.05, 0.1) is 22.0 Å². The number of aromatic hydroxyl groups is 1. The Balaban J connectivity index is 2.10. The largest absolute Gasteiger partial charge is 0.492 e. The molecular formula is C21H13Cl2F5N2O3. The van der Waals surface area contributed by atoms with Gasteiger partial charge in [-0.05, 0) is 43.3 Å². The molecule has 0 aliphatic rings. The highest BCUT2D eigenvalue weighted by atomic mass is 35.5. The molecule has 0 fully saturated rings. The smallest absolute Gasteiger partial charge is 0.425 e. The zero-order valence-electron chi connectivity index (χ0n) is 16.5. The lowest BCUT2D eigenvalue weighted by Crippen LogP contribution is -2.32. The highest BCUT2D eigenvalue weighted by molar-refractivity contribution is 6.34. The standard InChI is InChI=1S/C21H13Cl2F5N2O3/c1-9(21(26,27)28)33-17-8-10(16-6-5-13(23)20(32)29-16)15(25)7-11(17)19(31)30-18-12(22)3-2-4-14(18)24/h2-9H,1H3,(H,29,32)(H,30,31)/t9-/m0/s1. The lowest BCUT2D eigenvalue weighted by atomic mass is 10.0. The van der Waals surface area contributed by atoms with Crippen LogP contribution in [-0.4, -0.2) is 28.3 Å². The number of rotatable bonds is 5. The SMILES string of the molecule is C[C@H](Oc1cc(-c2ccc(Cl)c(O)n2)c(F)cc1C(=O)Nc1c(F)cccc1Cl)C(F)(F)F. The van der Waals surface area contributed by atoms with E-state index in [1.165, 1.54) is 24.3 Å². The Morgan fingerprint density at radius 3 is 2.39 bits per heavy atom. The lowest BCUT2D eigenvalue weighted by Gasteiger charge is -2.21. The van der Waals surface area contributed by atoms with E-state index in [0.717, 1.165) is 12.1 Å². The van der Waals surface area contributed by atoms with Gasteiger partial charge in [0, 0.05) is 5.56 Å². The molecule has 174 valence electrons. The van der Waals surface area contributed by atoms with E-state index < -0.39 is 52.7 Å². The molecular weight excluding hydrogens is 494 g/mol. The van der Waals surface area contributed by atoms with Crippen LogP contribution in [-0.2, 0) is 0 Å². The number of benzene rings is 2. The molecule has 2 aromatic carbocycles. The quantitative estimate of drug-likeness (QED) is 0.381. The normalized spacial score (nSPS) is 12.4. The number of nitrogens with one attached hydrogen (secondary N) is 1. The van der Waals surface area contributed by atoms with Gasteiger partial charge < -0.3 is 15.2 Å². The summed E-state index contributed by atoms with van der Waals surface area (Å²) in [6.07, 6.45) is -7.19. The number of carbonyl (C=O) groups is 1. The van der Waals surface area contributed by atoms with Crippen molar-refractivity contribution in [3.8, 4) is 22.9 Å². The van der Waals surface area contributed by atoms with Crippen molar-refractivity contribution in [3.63, 3.8) is 0 Å². The fourth-order valence-electron chi connectivity index (χ4n) is 2.66. The molecule has 33 heavy (non-hydrogen) atoms. The minimum atomic E-state index is -4.81. The maximum atomic E-state index is 14.9. The van der Waals surface area contributed by atoms with Crippen LogP contribution in [0.25, 0.3) is 11.3 Å². The number of hydrogen-bond acceptors (Lipinski definition) is 4. The van der Waals surface area contributed by atoms with Gasteiger partial charge in [-0.25, -0.2) is 13.8 Å². The molecule has 0 unspecified atom stereocenters. The van der Waals surface area contributed by atoms with E-state index in [0.29, 0.717) is 13.0 Å². The molecule has 0 aliphatic heterocycles. The summed E-state index contributed by atoms with van der Waals surface area (Å²) in [7, 11) is 0. The van der Waals surface area contributed by atoms with Crippen molar-refractivity contribution in [2.75, 3.05) is 5.32 Å². The van der Waals surface area contributed by atoms with E-state index in [1.54, 1.807) is 0 Å². The van der Waals surface area contributed by atoms with Crippen LogP contribution < -0.4 is 10.1 Å². The van der Waals surface area contributed by atoms with Crippen LogP contribution >= 0.6 is 23.2 Å². The van der Waals surface area contributed by atoms with Gasteiger partial charge in [0.25, 0.3) is 5.91 Å². The molecule has 0 saturated heterocycles. The number of hydrogen-bond donors (Lipinski definition) is 2. The van der Waals surface area contributed by atoms with Crippen molar-refractivity contribution >= 4 is 34.8 Å². The van der Waals surface area contributed by atoms with Gasteiger partial charge in [-0.3, -0.25) is 4.79 Å². The molecule has 5 nitrogen and oxygen atoms in total. The highest BCUT2D eigenvalue weighted by Gasteiger charge is 2.39. The Kier molecular flexibility index (Phi) is 6.99. The second-order valence-electron chi connectivity index (χ2n) is 6.68. The number of alkyl halides is 3. The highest BCUT2D eigenvalue weighted by Crippen LogP contribution is 2.35. The van der Waals surface area contributed by atoms with Crippen LogP contribution in [0.2, 0.25) is 10.0 Å². The van der Waals surface area contributed by atoms with E-state index in [4.69, 9.17) is 27.9 Å². The van der Waals surface area contributed by atoms with Crippen molar-refractivity contribution in [1.29, 1.82) is 0 Å². The average Bonchev–Trinajstić information content (AvgIpc) is 2.73. The van der Waals surface area contributed by atoms with Gasteiger partial charge in [-0.2, -0.15) is 13.2 Å². The van der Waals surface area contributed by atoms with E-state index in [1.807, 2.05) is 0 Å². The van der Waals surface area contributed by atoms with E-state index in [9.17, 15) is 31.9 Å². The summed E-state index contributed by atoms with van der Waals surface area (Å²) in [5.74, 6) is -4.49. The number of carbonyl (C=O) groups excluding carboxylic acids is 1. The Bertz CT molecular complexity index is 1200. The van der Waals surface area contributed by atoms with Gasteiger partial charge >= 0.3 is 6.18 Å². The zero-order chi connectivity index (χ0) is 24.5. The summed E-state index contributed by atoms with van der Waals surface area (Å²) in [6.45, 7) is 0.685. The molecule has 0 saturated carbocycles. The first-order valence-electron chi connectivity index (χ1n) is 9.06. The van der Waals surface area contributed by atoms with Crippen molar-refractivity contribution in [2.45, 2.75) is 19.2 Å². The predicted molar refractivity (Wildman–Crippen MR) is 112 cm³/mol. The third kappa shape index (κ3) is 5.45. The van der Waals surface area contributed by atoms with Gasteiger partial charge in [0.2, 0.25) is 5.88 Å². The molecule has 1 amide bonds. The Hall–Kier alpha value is -3.11. The van der Waals surface area contributed by atoms with Crippen LogP contribution in [0, 0.1) is 11.6 Å². The predicted octanol–water partition coefficient (Wildman–Crippen LogP) is 6.62. The molecule has 1 atom stereocenters. The van der Waals surface area contributed by atoms with Crippen molar-refractivity contribution in [1.82, 2.24) is 4.98 Å². The number of ether oxygens (including phenoxy) is 1. The summed E-state index contributed by atoms with van der Waals surface area (Å²) >= 11 is 11.5. The number of amides is 1. The Morgan fingerprint density at radius 2 is 1.79 bits per heavy atom. The molecule has 0 spiro atoms. The number of nitrogens with zero attached hydrogens (tertiary/aromatic N) is 1. The first kappa shape index (κ1) is 24.5. The number of halogens is 7. The molecule has 12 heteroatoms. The first-order chi connectivity index (χ1) is 15.4. The maximum Gasteiger partial charge on any atom is 0.425 e. The third-order valence-corrected chi connectivity index (χ3v) is 4.99. The van der Waals surface area contributed by atoms with Crippen LogP contribution in [0.4, 0.5) is 27.6 Å². The third-order valence-electron chi connectivity index (χ3n) is 4.38. The molecule has 1 heterocycles. The molecule has 0 radical (unpaired) electrons. The van der Waals surface area contributed by atoms with E-state index in [-0.39, 0.29) is 21.3 Å². The van der Waals surface area contributed by atoms with Crippen LogP contribution in [0.3, 0.4) is 0 Å². The van der Waals surface area contributed by atoms with E-state index in [2.05, 4.69) is 10.3 Å². The second kappa shape index (κ2) is 9.40. The lowest BCUT2D eigenvalue weighted by molar-refractivity contribution is -0.189. The van der Waals surface area contributed by atoms with Crippen molar-refractivity contribution in [2.24, 2.45) is 0 Å². The summed E-state index contributed by atoms with van der Waals surface area (Å²) in [6, 6.07) is 7.35. The maximum absolute atomic E-state index is 14.9. The first-order valence-corrected chi connectivity index (χ1v) is 9.82. The molecule has 0 aliphatic carbocycles. The Morgan fingerprint density at radius 1 is 1.09 bits per heavy atom. The minimum absolute atomic E-state index is 0.140. The molecule has 0 bridgehead atoms. The number of anilines is 1. The van der Waals surface area contributed by atoms with E-state index >= 15 is 0 Å². The topological polar surface area (TPSA) is 71.5 Å². The van der Waals surface area contributed by atoms with Crippen LogP contribution in [0.5, 0.6) is 11.6 Å². The molecule has 1 aromatic heterocycles. The minimum Gasteiger partial charge on any atom is -0.492 e. The fourth-order valence-corrected chi connectivity index (χ4v) is 2.98. The van der Waals surface area contributed by atoms with Gasteiger partial charge in [0.1, 0.15) is 22.4 Å². The summed E-state index contributed by atoms with van der Waals surface area (Å²) in [5.41, 5.74) is -1.69. The monoisotopic (exact) mass is 506 g/mol. The molecule has 2 N–H and O–H groups in total. The zero-order valence-corrected chi connectivity index (χ0v) is 18.0. The van der Waals surface area contributed by atoms with Crippen molar-refractivity contribution < 1.29 is 36.6 Å². The van der Waals surface area contributed by atoms with Gasteiger partial charge in [-0.15, -0.1) is 0 Å². The van der Waals surface area contributed by atoms with Gasteiger partial charge in [0.15, 0.2) is 6.10 Å². The van der Waals surface area contributed by atoms with Crippen LogP contribution in [0.1, 0.15) is 17.3 Å². The number of aromatic nitrogens is 1. The van der Waals surface area contributed by atoms with Crippen LogP contribution in [0.15, 0.2) is 42.5 Å². The fraction of sp³-hybridized carbons (Fsp3) is 0.143. The number of para-hydroxylation sites is 1. The second-order valence-corrected chi connectivity index (χ2v) is 7.50. The average molecular weight is 507 g/mol. The number of pyridine rings is 1.